The number of carbonyl (C=O) groups is 2. The second-order valence-electron chi connectivity index (χ2n) is 3.48. The molecule has 3 N–H and O–H groups in total. The third kappa shape index (κ3) is 3.61. The molecule has 0 aliphatic carbocycles. The fourth-order valence-electron chi connectivity index (χ4n) is 1.18. The maximum absolute atomic E-state index is 12.2. The Bertz CT molecular complexity index is 506. The summed E-state index contributed by atoms with van der Waals surface area (Å²) in [7, 11) is 0. The molecule has 0 bridgehead atoms. The zero-order valence-electron chi connectivity index (χ0n) is 9.13. The molecule has 1 aromatic rings. The van der Waals surface area contributed by atoms with Gasteiger partial charge in [-0.1, -0.05) is 0 Å². The molecule has 0 spiro atoms. The number of carboxylic acid groups (broad SMARTS) is 1. The predicted molar refractivity (Wildman–Crippen MR) is 49.8 cm³/mol. The zero-order chi connectivity index (χ0) is 15.7. The lowest BCUT2D eigenvalue weighted by atomic mass is 10.1. The molecule has 0 radical (unpaired) electrons. The van der Waals surface area contributed by atoms with Gasteiger partial charge in [-0.05, 0) is 0 Å². The molecular weight excluding hydrogens is 300 g/mol. The average Bonchev–Trinajstić information content (AvgIpc) is 2.60. The topological polar surface area (TPSA) is 95.1 Å². The first-order valence-corrected chi connectivity index (χ1v) is 4.66. The van der Waals surface area contributed by atoms with Gasteiger partial charge in [0.05, 0.1) is 0 Å². The minimum Gasteiger partial charge on any atom is -0.477 e. The smallest absolute Gasteiger partial charge is 0.409 e. The Morgan fingerprint density at radius 3 is 2.05 bits per heavy atom. The first-order chi connectivity index (χ1) is 8.93. The molecule has 12 heteroatoms. The first kappa shape index (κ1) is 15.8. The highest BCUT2D eigenvalue weighted by atomic mass is 19.4. The molecule has 20 heavy (non-hydrogen) atoms. The number of hydrogen-bond acceptors (Lipinski definition) is 3. The number of aromatic carboxylic acids is 1. The van der Waals surface area contributed by atoms with Crippen LogP contribution in [0.1, 0.15) is 10.5 Å². The molecule has 112 valence electrons. The third-order valence-electron chi connectivity index (χ3n) is 1.98. The quantitative estimate of drug-likeness (QED) is 0.742. The summed E-state index contributed by atoms with van der Waals surface area (Å²) in [5.41, 5.74) is -0.615. The van der Waals surface area contributed by atoms with Crippen molar-refractivity contribution in [3.05, 3.63) is 11.8 Å². The first-order valence-electron chi connectivity index (χ1n) is 4.66. The van der Waals surface area contributed by atoms with Crippen LogP contribution in [0.3, 0.4) is 0 Å². The van der Waals surface area contributed by atoms with Gasteiger partial charge >= 0.3 is 18.3 Å². The Morgan fingerprint density at radius 2 is 1.70 bits per heavy atom. The van der Waals surface area contributed by atoms with Gasteiger partial charge < -0.3 is 10.4 Å². The van der Waals surface area contributed by atoms with E-state index in [9.17, 15) is 35.9 Å². The number of anilines is 1. The summed E-state index contributed by atoms with van der Waals surface area (Å²) >= 11 is 0. The fourth-order valence-corrected chi connectivity index (χ4v) is 1.18. The highest BCUT2D eigenvalue weighted by Crippen LogP contribution is 2.39. The standard InChI is InChI=1S/C8H5F6N3O3/c9-7(10,11)4(8(12,13)14)5(18)15-3-1-2(6(19)20)16-17-3/h1,4H,(H,19,20)(H2,15,16,17,18). The average molecular weight is 305 g/mol. The number of nitrogens with one attached hydrogen (secondary N) is 2. The summed E-state index contributed by atoms with van der Waals surface area (Å²) in [5.74, 6) is -8.97. The van der Waals surface area contributed by atoms with Crippen molar-refractivity contribution in [3.8, 4) is 0 Å². The Morgan fingerprint density at radius 1 is 1.20 bits per heavy atom. The second kappa shape index (κ2) is 5.02. The molecule has 1 amide bonds. The third-order valence-corrected chi connectivity index (χ3v) is 1.98. The lowest BCUT2D eigenvalue weighted by molar-refractivity contribution is -0.272. The van der Waals surface area contributed by atoms with Crippen molar-refractivity contribution in [2.45, 2.75) is 12.4 Å². The van der Waals surface area contributed by atoms with Crippen LogP contribution < -0.4 is 5.32 Å². The van der Waals surface area contributed by atoms with Crippen molar-refractivity contribution in [1.29, 1.82) is 0 Å². The lowest BCUT2D eigenvalue weighted by Gasteiger charge is -2.21. The molecule has 0 unspecified atom stereocenters. The van der Waals surface area contributed by atoms with Gasteiger partial charge in [-0.15, -0.1) is 0 Å². The van der Waals surface area contributed by atoms with E-state index in [2.05, 4.69) is 5.10 Å². The van der Waals surface area contributed by atoms with Crippen molar-refractivity contribution in [2.24, 2.45) is 5.92 Å². The molecule has 0 aliphatic heterocycles. The summed E-state index contributed by atoms with van der Waals surface area (Å²) in [6.45, 7) is 0. The number of rotatable bonds is 3. The predicted octanol–water partition coefficient (Wildman–Crippen LogP) is 1.79. The maximum atomic E-state index is 12.2. The number of amides is 1. The molecule has 1 heterocycles. The van der Waals surface area contributed by atoms with Gasteiger partial charge in [-0.2, -0.15) is 31.4 Å². The van der Waals surface area contributed by atoms with E-state index in [1.54, 1.807) is 5.10 Å². The number of H-pyrrole nitrogens is 1. The SMILES string of the molecule is O=C(O)c1cc(NC(=O)C(C(F)(F)F)C(F)(F)F)n[nH]1. The van der Waals surface area contributed by atoms with Crippen LogP contribution in [0.2, 0.25) is 0 Å². The van der Waals surface area contributed by atoms with Crippen LogP contribution in [0.15, 0.2) is 6.07 Å². The lowest BCUT2D eigenvalue weighted by Crippen LogP contribution is -2.45. The summed E-state index contributed by atoms with van der Waals surface area (Å²) in [5, 5.41) is 14.6. The van der Waals surface area contributed by atoms with Gasteiger partial charge in [0.15, 0.2) is 5.82 Å². The van der Waals surface area contributed by atoms with E-state index in [0.29, 0.717) is 6.07 Å². The molecule has 0 aromatic carbocycles. The van der Waals surface area contributed by atoms with Crippen molar-refractivity contribution in [2.75, 3.05) is 5.32 Å². The number of nitrogens with zero attached hydrogens (tertiary/aromatic N) is 1. The normalized spacial score (nSPS) is 12.6. The summed E-state index contributed by atoms with van der Waals surface area (Å²) in [6.07, 6.45) is -11.7. The van der Waals surface area contributed by atoms with Gasteiger partial charge in [0.1, 0.15) is 5.69 Å². The number of carboxylic acids is 1. The summed E-state index contributed by atoms with van der Waals surface area (Å²) < 4.78 is 73.2. The number of alkyl halides is 6. The van der Waals surface area contributed by atoms with Crippen molar-refractivity contribution < 1.29 is 41.0 Å². The zero-order valence-corrected chi connectivity index (χ0v) is 9.13. The van der Waals surface area contributed by atoms with Crippen LogP contribution in [0.25, 0.3) is 0 Å². The van der Waals surface area contributed by atoms with Gasteiger partial charge in [0.25, 0.3) is 0 Å². The molecule has 0 atom stereocenters. The van der Waals surface area contributed by atoms with E-state index < -0.39 is 41.7 Å². The van der Waals surface area contributed by atoms with Crippen molar-refractivity contribution in [3.63, 3.8) is 0 Å². The van der Waals surface area contributed by atoms with Crippen LogP contribution in [0, 0.1) is 5.92 Å². The molecule has 1 rings (SSSR count). The monoisotopic (exact) mass is 305 g/mol. The highest BCUT2D eigenvalue weighted by Gasteiger charge is 2.61. The van der Waals surface area contributed by atoms with E-state index >= 15 is 0 Å². The van der Waals surface area contributed by atoms with E-state index in [4.69, 9.17) is 5.11 Å². The van der Waals surface area contributed by atoms with Gasteiger partial charge in [-0.3, -0.25) is 9.89 Å². The van der Waals surface area contributed by atoms with Crippen LogP contribution in [-0.2, 0) is 4.79 Å². The summed E-state index contributed by atoms with van der Waals surface area (Å²) in [4.78, 5) is 21.4. The Hall–Kier alpha value is -2.27. The molecule has 0 saturated heterocycles. The van der Waals surface area contributed by atoms with E-state index in [-0.39, 0.29) is 0 Å². The Labute approximate surface area is 105 Å². The maximum Gasteiger partial charge on any atom is 0.409 e. The molecule has 0 saturated carbocycles. The molecule has 1 aromatic heterocycles. The molecular formula is C8H5F6N3O3. The molecule has 6 nitrogen and oxygen atoms in total. The largest absolute Gasteiger partial charge is 0.477 e. The Balaban J connectivity index is 2.94. The van der Waals surface area contributed by atoms with Crippen molar-refractivity contribution >= 4 is 17.7 Å². The number of carbonyl (C=O) groups excluding carboxylic acids is 1. The second-order valence-corrected chi connectivity index (χ2v) is 3.48. The molecule has 0 aliphatic rings. The number of aromatic nitrogens is 2. The number of hydrogen-bond donors (Lipinski definition) is 3. The molecule has 0 fully saturated rings. The van der Waals surface area contributed by atoms with Crippen LogP contribution in [0.5, 0.6) is 0 Å². The van der Waals surface area contributed by atoms with Gasteiger partial charge in [-0.25, -0.2) is 4.79 Å². The highest BCUT2D eigenvalue weighted by molar-refractivity contribution is 5.94. The summed E-state index contributed by atoms with van der Waals surface area (Å²) in [6, 6.07) is 0.573. The number of halogens is 6. The van der Waals surface area contributed by atoms with Gasteiger partial charge in [0.2, 0.25) is 11.8 Å². The number of aromatic amines is 1. The Kier molecular flexibility index (Phi) is 3.96. The van der Waals surface area contributed by atoms with Crippen LogP contribution in [-0.4, -0.2) is 39.5 Å². The van der Waals surface area contributed by atoms with Crippen molar-refractivity contribution in [1.82, 2.24) is 10.2 Å². The van der Waals surface area contributed by atoms with E-state index in [1.807, 2.05) is 0 Å². The minimum absolute atomic E-state index is 0.573. The minimum atomic E-state index is -5.84. The fraction of sp³-hybridized carbons (Fsp3) is 0.375. The van der Waals surface area contributed by atoms with Crippen LogP contribution >= 0.6 is 0 Å². The van der Waals surface area contributed by atoms with E-state index in [1.165, 1.54) is 5.32 Å². The van der Waals surface area contributed by atoms with E-state index in [0.717, 1.165) is 0 Å². The van der Waals surface area contributed by atoms with Gasteiger partial charge in [0, 0.05) is 6.07 Å². The van der Waals surface area contributed by atoms with Crippen LogP contribution in [0.4, 0.5) is 32.2 Å².